The lowest BCUT2D eigenvalue weighted by Crippen LogP contribution is -2.53. The molecule has 5 N–H and O–H groups in total. The summed E-state index contributed by atoms with van der Waals surface area (Å²) in [7, 11) is 0. The molecule has 0 rings (SSSR count). The number of carbonyl (C=O) groups excluding carboxylic acids is 1. The van der Waals surface area contributed by atoms with E-state index in [0.717, 1.165) is 44.9 Å². The predicted molar refractivity (Wildman–Crippen MR) is 357 cm³/mol. The second-order valence-electron chi connectivity index (χ2n) is 25.6. The molecule has 0 aromatic carbocycles. The van der Waals surface area contributed by atoms with E-state index in [4.69, 9.17) is 0 Å². The first-order chi connectivity index (χ1) is 40.0. The molecule has 0 aromatic rings. The summed E-state index contributed by atoms with van der Waals surface area (Å²) in [6.07, 6.45) is 90.1. The number of amides is 1. The van der Waals surface area contributed by atoms with Crippen LogP contribution in [0.3, 0.4) is 0 Å². The minimum atomic E-state index is -1.28. The molecular formula is C75H145NO5. The van der Waals surface area contributed by atoms with Gasteiger partial charge in [-0.3, -0.25) is 4.79 Å². The van der Waals surface area contributed by atoms with Crippen LogP contribution in [0.15, 0.2) is 36.5 Å². The summed E-state index contributed by atoms with van der Waals surface area (Å²) in [4.78, 5) is 12.7. The Morgan fingerprint density at radius 2 is 0.543 bits per heavy atom. The van der Waals surface area contributed by atoms with E-state index in [1.54, 1.807) is 0 Å². The van der Waals surface area contributed by atoms with Crippen LogP contribution in [0.1, 0.15) is 406 Å². The van der Waals surface area contributed by atoms with Crippen LogP contribution in [0, 0.1) is 0 Å². The van der Waals surface area contributed by atoms with Gasteiger partial charge in [0.05, 0.1) is 18.8 Å². The van der Waals surface area contributed by atoms with Gasteiger partial charge in [-0.2, -0.15) is 0 Å². The second-order valence-corrected chi connectivity index (χ2v) is 25.6. The average Bonchev–Trinajstić information content (AvgIpc) is 3.47. The fraction of sp³-hybridized carbons (Fsp3) is 0.907. The van der Waals surface area contributed by atoms with Crippen LogP contribution in [0.5, 0.6) is 0 Å². The van der Waals surface area contributed by atoms with Gasteiger partial charge < -0.3 is 25.7 Å². The number of hydrogen-bond donors (Lipinski definition) is 5. The molecule has 0 aliphatic carbocycles. The molecule has 4 atom stereocenters. The van der Waals surface area contributed by atoms with Gasteiger partial charge in [-0.15, -0.1) is 0 Å². The summed E-state index contributed by atoms with van der Waals surface area (Å²) in [6, 6.07) is -1.00. The zero-order valence-electron chi connectivity index (χ0n) is 54.8. The highest BCUT2D eigenvalue weighted by atomic mass is 16.3. The highest BCUT2D eigenvalue weighted by Crippen LogP contribution is 2.20. The van der Waals surface area contributed by atoms with Crippen molar-refractivity contribution in [2.24, 2.45) is 0 Å². The van der Waals surface area contributed by atoms with E-state index in [2.05, 4.69) is 55.6 Å². The Hall–Kier alpha value is -1.47. The van der Waals surface area contributed by atoms with Crippen LogP contribution in [0.2, 0.25) is 0 Å². The summed E-state index contributed by atoms with van der Waals surface area (Å²) in [5, 5.41) is 44.2. The fourth-order valence-corrected chi connectivity index (χ4v) is 11.9. The lowest BCUT2D eigenvalue weighted by Gasteiger charge is -2.27. The molecule has 1 amide bonds. The quantitative estimate of drug-likeness (QED) is 0.0308. The molecule has 0 heterocycles. The monoisotopic (exact) mass is 1140 g/mol. The normalized spacial score (nSPS) is 13.6. The standard InChI is InChI=1S/C75H145NO5/c1-3-5-7-9-11-13-15-17-19-21-23-25-27-29-31-32-33-34-35-36-37-38-39-40-41-43-45-47-49-51-53-55-57-59-61-63-65-67-69-73(79)75(81)76-71(70-77)74(80)72(78)68-66-64-62-60-58-56-54-52-50-48-46-44-42-30-28-26-24-22-20-18-16-14-12-10-8-6-4-2/h33-34,36-37,60,62,71-74,77-80H,3-32,35,38-59,61,63-70H2,1-2H3,(H,76,81)/b34-33-,37-36-,62-60+. The first-order valence-electron chi connectivity index (χ1n) is 36.9. The van der Waals surface area contributed by atoms with E-state index in [-0.39, 0.29) is 0 Å². The zero-order valence-corrected chi connectivity index (χ0v) is 54.8. The van der Waals surface area contributed by atoms with E-state index >= 15 is 0 Å². The largest absolute Gasteiger partial charge is 0.394 e. The summed E-state index contributed by atoms with van der Waals surface area (Å²) < 4.78 is 0. The average molecular weight is 1140 g/mol. The summed E-state index contributed by atoms with van der Waals surface area (Å²) in [5.41, 5.74) is 0. The predicted octanol–water partition coefficient (Wildman–Crippen LogP) is 23.1. The number of rotatable bonds is 69. The van der Waals surface area contributed by atoms with Crippen molar-refractivity contribution in [3.05, 3.63) is 36.5 Å². The van der Waals surface area contributed by atoms with Gasteiger partial charge in [-0.25, -0.2) is 0 Å². The van der Waals surface area contributed by atoms with Crippen LogP contribution in [0.25, 0.3) is 0 Å². The van der Waals surface area contributed by atoms with Crippen molar-refractivity contribution in [3.63, 3.8) is 0 Å². The molecule has 0 spiro atoms. The molecule has 0 radical (unpaired) electrons. The molecule has 0 aromatic heterocycles. The van der Waals surface area contributed by atoms with Gasteiger partial charge in [0.25, 0.3) is 0 Å². The van der Waals surface area contributed by atoms with Crippen LogP contribution in [0.4, 0.5) is 0 Å². The summed E-state index contributed by atoms with van der Waals surface area (Å²) in [5.74, 6) is -0.587. The fourth-order valence-electron chi connectivity index (χ4n) is 11.9. The maximum atomic E-state index is 12.7. The SMILES string of the molecule is CCCCCCCCCCCCCCCCC/C=C\C/C=C\CCCCCCCCCCCCCCCCCCC(O)C(=O)NC(CO)C(O)C(O)CCC/C=C/CCCCCCCCCCCCCCCCCCCCCCCC. The van der Waals surface area contributed by atoms with Crippen molar-refractivity contribution >= 4 is 5.91 Å². The minimum Gasteiger partial charge on any atom is -0.394 e. The Labute approximate surface area is 507 Å². The number of aliphatic hydroxyl groups is 4. The van der Waals surface area contributed by atoms with Crippen LogP contribution >= 0.6 is 0 Å². The van der Waals surface area contributed by atoms with Gasteiger partial charge in [0.2, 0.25) is 5.91 Å². The van der Waals surface area contributed by atoms with Gasteiger partial charge in [0.1, 0.15) is 12.2 Å². The van der Waals surface area contributed by atoms with Crippen molar-refractivity contribution in [2.75, 3.05) is 6.61 Å². The number of carbonyl (C=O) groups is 1. The van der Waals surface area contributed by atoms with Gasteiger partial charge >= 0.3 is 0 Å². The van der Waals surface area contributed by atoms with Crippen LogP contribution in [-0.2, 0) is 4.79 Å². The van der Waals surface area contributed by atoms with Gasteiger partial charge in [0, 0.05) is 0 Å². The minimum absolute atomic E-state index is 0.365. The molecule has 81 heavy (non-hydrogen) atoms. The third-order valence-electron chi connectivity index (χ3n) is 17.6. The summed E-state index contributed by atoms with van der Waals surface area (Å²) >= 11 is 0. The van der Waals surface area contributed by atoms with Crippen LogP contribution in [-0.4, -0.2) is 57.3 Å². The van der Waals surface area contributed by atoms with Gasteiger partial charge in [0.15, 0.2) is 0 Å². The summed E-state index contributed by atoms with van der Waals surface area (Å²) in [6.45, 7) is 4.10. The van der Waals surface area contributed by atoms with Gasteiger partial charge in [-0.05, 0) is 70.6 Å². The molecule has 6 nitrogen and oxygen atoms in total. The Morgan fingerprint density at radius 1 is 0.309 bits per heavy atom. The van der Waals surface area contributed by atoms with Crippen molar-refractivity contribution in [3.8, 4) is 0 Å². The molecular weight excluding hydrogens is 995 g/mol. The molecule has 0 fully saturated rings. The lowest BCUT2D eigenvalue weighted by atomic mass is 10.00. The van der Waals surface area contributed by atoms with E-state index in [1.165, 1.54) is 334 Å². The molecule has 0 aliphatic rings. The van der Waals surface area contributed by atoms with Crippen molar-refractivity contribution < 1.29 is 25.2 Å². The number of nitrogens with one attached hydrogen (secondary N) is 1. The maximum Gasteiger partial charge on any atom is 0.249 e. The molecule has 0 bridgehead atoms. The molecule has 0 aliphatic heterocycles. The number of hydrogen-bond acceptors (Lipinski definition) is 5. The van der Waals surface area contributed by atoms with E-state index in [1.807, 2.05) is 0 Å². The molecule has 4 unspecified atom stereocenters. The molecule has 0 saturated carbocycles. The number of unbranched alkanes of at least 4 members (excludes halogenated alkanes) is 54. The van der Waals surface area contributed by atoms with E-state index < -0.39 is 36.9 Å². The molecule has 6 heteroatoms. The lowest BCUT2D eigenvalue weighted by molar-refractivity contribution is -0.132. The zero-order chi connectivity index (χ0) is 58.7. The second kappa shape index (κ2) is 69.3. The van der Waals surface area contributed by atoms with Gasteiger partial charge in [-0.1, -0.05) is 371 Å². The van der Waals surface area contributed by atoms with Crippen LogP contribution < -0.4 is 5.32 Å². The highest BCUT2D eigenvalue weighted by molar-refractivity contribution is 5.80. The van der Waals surface area contributed by atoms with E-state index in [9.17, 15) is 25.2 Å². The third kappa shape index (κ3) is 62.9. The molecule has 480 valence electrons. The molecule has 0 saturated heterocycles. The van der Waals surface area contributed by atoms with Crippen molar-refractivity contribution in [2.45, 2.75) is 430 Å². The van der Waals surface area contributed by atoms with E-state index in [0.29, 0.717) is 12.8 Å². The Bertz CT molecular complexity index is 1280. The number of aliphatic hydroxyl groups excluding tert-OH is 4. The van der Waals surface area contributed by atoms with Crippen molar-refractivity contribution in [1.82, 2.24) is 5.32 Å². The number of allylic oxidation sites excluding steroid dienone is 6. The Balaban J connectivity index is 3.55. The Morgan fingerprint density at radius 3 is 0.815 bits per heavy atom. The maximum absolute atomic E-state index is 12.7. The first kappa shape index (κ1) is 79.5. The Kier molecular flexibility index (Phi) is 68.0. The smallest absolute Gasteiger partial charge is 0.249 e. The highest BCUT2D eigenvalue weighted by Gasteiger charge is 2.28. The topological polar surface area (TPSA) is 110 Å². The third-order valence-corrected chi connectivity index (χ3v) is 17.6. The first-order valence-corrected chi connectivity index (χ1v) is 36.9. The van der Waals surface area contributed by atoms with Crippen molar-refractivity contribution in [1.29, 1.82) is 0 Å².